The van der Waals surface area contributed by atoms with Gasteiger partial charge < -0.3 is 10.6 Å². The molecule has 0 aliphatic rings. The van der Waals surface area contributed by atoms with E-state index in [0.29, 0.717) is 27.1 Å². The van der Waals surface area contributed by atoms with Gasteiger partial charge in [0.25, 0.3) is 5.91 Å². The number of nitrogens with zero attached hydrogens (tertiary/aromatic N) is 1. The number of halogens is 3. The minimum atomic E-state index is -0.429. The molecule has 0 atom stereocenters. The maximum absolute atomic E-state index is 13.6. The molecule has 0 bridgehead atoms. The van der Waals surface area contributed by atoms with Crippen LogP contribution in [0.25, 0.3) is 0 Å². The number of rotatable bonds is 4. The molecule has 1 amide bonds. The van der Waals surface area contributed by atoms with Crippen LogP contribution in [0.1, 0.15) is 10.5 Å². The number of para-hydroxylation sites is 1. The van der Waals surface area contributed by atoms with E-state index in [9.17, 15) is 9.18 Å². The number of pyridine rings is 1. The van der Waals surface area contributed by atoms with Gasteiger partial charge in [-0.15, -0.1) is 0 Å². The summed E-state index contributed by atoms with van der Waals surface area (Å²) in [4.78, 5) is 16.3. The molecule has 2 aromatic carbocycles. The SMILES string of the molecule is O=C(Nc1cc(Cl)ccc1Cl)c1ccc(Nc2ccccc2F)cn1. The van der Waals surface area contributed by atoms with E-state index >= 15 is 0 Å². The summed E-state index contributed by atoms with van der Waals surface area (Å²) < 4.78 is 13.6. The third-order valence-corrected chi connectivity index (χ3v) is 3.89. The molecule has 3 aromatic rings. The third kappa shape index (κ3) is 4.26. The molecule has 3 rings (SSSR count). The molecule has 25 heavy (non-hydrogen) atoms. The van der Waals surface area contributed by atoms with Gasteiger partial charge in [0.2, 0.25) is 0 Å². The van der Waals surface area contributed by atoms with E-state index < -0.39 is 5.91 Å². The van der Waals surface area contributed by atoms with E-state index in [-0.39, 0.29) is 11.5 Å². The maximum atomic E-state index is 13.6. The number of anilines is 3. The Kier molecular flexibility index (Phi) is 5.16. The van der Waals surface area contributed by atoms with Gasteiger partial charge in [-0.3, -0.25) is 4.79 Å². The molecule has 1 heterocycles. The quantitative estimate of drug-likeness (QED) is 0.630. The zero-order valence-corrected chi connectivity index (χ0v) is 14.3. The zero-order chi connectivity index (χ0) is 17.8. The second kappa shape index (κ2) is 7.51. The van der Waals surface area contributed by atoms with E-state index in [1.807, 2.05) is 0 Å². The number of aromatic nitrogens is 1. The molecule has 0 aliphatic carbocycles. The van der Waals surface area contributed by atoms with E-state index in [1.165, 1.54) is 18.3 Å². The molecule has 0 radical (unpaired) electrons. The molecule has 7 heteroatoms. The van der Waals surface area contributed by atoms with E-state index in [0.717, 1.165) is 0 Å². The smallest absolute Gasteiger partial charge is 0.274 e. The van der Waals surface area contributed by atoms with Crippen LogP contribution in [-0.4, -0.2) is 10.9 Å². The van der Waals surface area contributed by atoms with E-state index in [1.54, 1.807) is 42.5 Å². The minimum Gasteiger partial charge on any atom is -0.352 e. The lowest BCUT2D eigenvalue weighted by Crippen LogP contribution is -2.14. The summed E-state index contributed by atoms with van der Waals surface area (Å²) in [6.45, 7) is 0. The Labute approximate surface area is 153 Å². The van der Waals surface area contributed by atoms with Crippen molar-refractivity contribution >= 4 is 46.2 Å². The molecular formula is C18H12Cl2FN3O. The first-order valence-corrected chi connectivity index (χ1v) is 8.02. The molecule has 0 spiro atoms. The Morgan fingerprint density at radius 1 is 1.00 bits per heavy atom. The van der Waals surface area contributed by atoms with Crippen LogP contribution in [0.5, 0.6) is 0 Å². The van der Waals surface area contributed by atoms with Crippen molar-refractivity contribution in [3.05, 3.63) is 82.4 Å². The average Bonchev–Trinajstić information content (AvgIpc) is 2.61. The fraction of sp³-hybridized carbons (Fsp3) is 0. The molecule has 0 saturated heterocycles. The normalized spacial score (nSPS) is 10.4. The summed E-state index contributed by atoms with van der Waals surface area (Å²) in [6.07, 6.45) is 1.45. The number of benzene rings is 2. The van der Waals surface area contributed by atoms with Gasteiger partial charge in [0.15, 0.2) is 0 Å². The number of hydrogen-bond donors (Lipinski definition) is 2. The number of carbonyl (C=O) groups is 1. The number of nitrogens with one attached hydrogen (secondary N) is 2. The van der Waals surface area contributed by atoms with Crippen LogP contribution in [0, 0.1) is 5.82 Å². The molecular weight excluding hydrogens is 364 g/mol. The van der Waals surface area contributed by atoms with Gasteiger partial charge in [-0.05, 0) is 42.5 Å². The van der Waals surface area contributed by atoms with Crippen molar-refractivity contribution in [3.63, 3.8) is 0 Å². The van der Waals surface area contributed by atoms with Crippen molar-refractivity contribution in [2.75, 3.05) is 10.6 Å². The highest BCUT2D eigenvalue weighted by atomic mass is 35.5. The summed E-state index contributed by atoms with van der Waals surface area (Å²) in [7, 11) is 0. The molecule has 4 nitrogen and oxygen atoms in total. The third-order valence-electron chi connectivity index (χ3n) is 3.33. The van der Waals surface area contributed by atoms with Crippen LogP contribution < -0.4 is 10.6 Å². The van der Waals surface area contributed by atoms with Crippen LogP contribution in [0.4, 0.5) is 21.5 Å². The Morgan fingerprint density at radius 3 is 2.52 bits per heavy atom. The highest BCUT2D eigenvalue weighted by molar-refractivity contribution is 6.35. The van der Waals surface area contributed by atoms with Crippen molar-refractivity contribution in [2.24, 2.45) is 0 Å². The standard InChI is InChI=1S/C18H12Cl2FN3O/c19-11-5-7-13(20)17(9-11)24-18(25)16-8-6-12(10-22-16)23-15-4-2-1-3-14(15)21/h1-10,23H,(H,24,25). The largest absolute Gasteiger partial charge is 0.352 e. The maximum Gasteiger partial charge on any atom is 0.274 e. The molecule has 0 aliphatic heterocycles. The lowest BCUT2D eigenvalue weighted by atomic mass is 10.2. The summed E-state index contributed by atoms with van der Waals surface area (Å²) in [6, 6.07) is 14.2. The first kappa shape index (κ1) is 17.2. The Morgan fingerprint density at radius 2 is 1.80 bits per heavy atom. The van der Waals surface area contributed by atoms with Gasteiger partial charge in [0.1, 0.15) is 11.5 Å². The lowest BCUT2D eigenvalue weighted by Gasteiger charge is -2.09. The Balaban J connectivity index is 1.72. The van der Waals surface area contributed by atoms with Crippen molar-refractivity contribution in [3.8, 4) is 0 Å². The molecule has 0 unspecified atom stereocenters. The Hall–Kier alpha value is -2.63. The van der Waals surface area contributed by atoms with Gasteiger partial charge in [-0.25, -0.2) is 9.37 Å². The topological polar surface area (TPSA) is 54.0 Å². The first-order chi connectivity index (χ1) is 12.0. The molecule has 0 saturated carbocycles. The molecule has 2 N–H and O–H groups in total. The van der Waals surface area contributed by atoms with Crippen molar-refractivity contribution < 1.29 is 9.18 Å². The van der Waals surface area contributed by atoms with Crippen molar-refractivity contribution in [2.45, 2.75) is 0 Å². The Bertz CT molecular complexity index is 916. The van der Waals surface area contributed by atoms with Crippen molar-refractivity contribution in [1.82, 2.24) is 4.98 Å². The van der Waals surface area contributed by atoms with Crippen LogP contribution in [0.2, 0.25) is 10.0 Å². The van der Waals surface area contributed by atoms with Crippen LogP contribution in [-0.2, 0) is 0 Å². The van der Waals surface area contributed by atoms with Crippen LogP contribution in [0.15, 0.2) is 60.8 Å². The highest BCUT2D eigenvalue weighted by Gasteiger charge is 2.11. The van der Waals surface area contributed by atoms with Gasteiger partial charge in [-0.1, -0.05) is 35.3 Å². The lowest BCUT2D eigenvalue weighted by molar-refractivity contribution is 0.102. The zero-order valence-electron chi connectivity index (χ0n) is 12.8. The van der Waals surface area contributed by atoms with Gasteiger partial charge in [-0.2, -0.15) is 0 Å². The second-order valence-corrected chi connectivity index (χ2v) is 5.96. The summed E-state index contributed by atoms with van der Waals surface area (Å²) in [5, 5.41) is 6.37. The molecule has 126 valence electrons. The van der Waals surface area contributed by atoms with Crippen LogP contribution in [0.3, 0.4) is 0 Å². The number of carbonyl (C=O) groups excluding carboxylic acids is 1. The summed E-state index contributed by atoms with van der Waals surface area (Å²) in [5.41, 5.74) is 1.47. The summed E-state index contributed by atoms with van der Waals surface area (Å²) >= 11 is 11.9. The number of amides is 1. The van der Waals surface area contributed by atoms with Crippen LogP contribution >= 0.6 is 23.2 Å². The predicted octanol–water partition coefficient (Wildman–Crippen LogP) is 5.52. The fourth-order valence-electron chi connectivity index (χ4n) is 2.10. The van der Waals surface area contributed by atoms with Crippen molar-refractivity contribution in [1.29, 1.82) is 0 Å². The molecule has 1 aromatic heterocycles. The summed E-state index contributed by atoms with van der Waals surface area (Å²) in [5.74, 6) is -0.804. The van der Waals surface area contributed by atoms with E-state index in [2.05, 4.69) is 15.6 Å². The van der Waals surface area contributed by atoms with Gasteiger partial charge >= 0.3 is 0 Å². The van der Waals surface area contributed by atoms with Gasteiger partial charge in [0, 0.05) is 5.02 Å². The average molecular weight is 376 g/mol. The first-order valence-electron chi connectivity index (χ1n) is 7.27. The van der Waals surface area contributed by atoms with E-state index in [4.69, 9.17) is 23.2 Å². The highest BCUT2D eigenvalue weighted by Crippen LogP contribution is 2.26. The van der Waals surface area contributed by atoms with Gasteiger partial charge in [0.05, 0.1) is 28.3 Å². The fourth-order valence-corrected chi connectivity index (χ4v) is 2.44. The number of hydrogen-bond acceptors (Lipinski definition) is 3. The minimum absolute atomic E-state index is 0.190. The molecule has 0 fully saturated rings. The monoisotopic (exact) mass is 375 g/mol. The second-order valence-electron chi connectivity index (χ2n) is 5.12. The predicted molar refractivity (Wildman–Crippen MR) is 98.3 cm³/mol.